The van der Waals surface area contributed by atoms with E-state index in [0.29, 0.717) is 43.8 Å². The highest BCUT2D eigenvalue weighted by Crippen LogP contribution is 2.57. The van der Waals surface area contributed by atoms with Gasteiger partial charge in [0.2, 0.25) is 0 Å². The number of aromatic nitrogens is 4. The van der Waals surface area contributed by atoms with Gasteiger partial charge in [0.25, 0.3) is 0 Å². The number of rotatable bonds is 9. The molecule has 0 unspecified atom stereocenters. The summed E-state index contributed by atoms with van der Waals surface area (Å²) in [6.45, 7) is -0.200. The maximum absolute atomic E-state index is 13.6. The Morgan fingerprint density at radius 2 is 1.53 bits per heavy atom. The molecule has 47 heavy (non-hydrogen) atoms. The Morgan fingerprint density at radius 1 is 0.894 bits per heavy atom. The van der Waals surface area contributed by atoms with E-state index in [1.54, 1.807) is 0 Å². The summed E-state index contributed by atoms with van der Waals surface area (Å²) in [7, 11) is 1.27. The molecule has 4 atom stereocenters. The number of nitrogens with zero attached hydrogens (tertiary/aromatic N) is 5. The van der Waals surface area contributed by atoms with Gasteiger partial charge in [-0.1, -0.05) is 60.7 Å². The number of ether oxygens (including phenoxy) is 2. The lowest BCUT2D eigenvalue weighted by Gasteiger charge is -2.50. The number of carbonyl (C=O) groups is 1. The van der Waals surface area contributed by atoms with Gasteiger partial charge in [-0.05, 0) is 64.6 Å². The Bertz CT molecular complexity index is 1670. The average Bonchev–Trinajstić information content (AvgIpc) is 3.58. The maximum atomic E-state index is 13.6. The number of tetrazole rings is 1. The van der Waals surface area contributed by atoms with Crippen molar-refractivity contribution in [3.05, 3.63) is 113 Å². The van der Waals surface area contributed by atoms with E-state index in [-0.39, 0.29) is 30.1 Å². The van der Waals surface area contributed by atoms with E-state index in [1.165, 1.54) is 11.8 Å². The Hall–Kier alpha value is -4.30. The van der Waals surface area contributed by atoms with E-state index in [1.807, 2.05) is 60.7 Å². The highest BCUT2D eigenvalue weighted by atomic mass is 19.4. The van der Waals surface area contributed by atoms with Crippen molar-refractivity contribution in [3.63, 3.8) is 0 Å². The molecule has 6 rings (SSSR count). The van der Waals surface area contributed by atoms with E-state index in [4.69, 9.17) is 9.47 Å². The molecular weight excluding hydrogens is 628 g/mol. The van der Waals surface area contributed by atoms with Crippen LogP contribution in [0.3, 0.4) is 0 Å². The monoisotopic (exact) mass is 659 g/mol. The zero-order chi connectivity index (χ0) is 33.4. The van der Waals surface area contributed by atoms with Gasteiger partial charge < -0.3 is 9.47 Å². The third-order valence-electron chi connectivity index (χ3n) is 9.13. The smallest absolute Gasteiger partial charge is 0.416 e. The van der Waals surface area contributed by atoms with Crippen molar-refractivity contribution in [1.29, 1.82) is 0 Å². The van der Waals surface area contributed by atoms with Crippen LogP contribution in [-0.4, -0.2) is 50.3 Å². The lowest BCUT2D eigenvalue weighted by molar-refractivity contribution is -0.144. The summed E-state index contributed by atoms with van der Waals surface area (Å²) in [4.78, 5) is 14.5. The van der Waals surface area contributed by atoms with E-state index in [9.17, 15) is 31.1 Å². The quantitative estimate of drug-likeness (QED) is 0.150. The van der Waals surface area contributed by atoms with Gasteiger partial charge in [0, 0.05) is 18.5 Å². The van der Waals surface area contributed by atoms with Crippen molar-refractivity contribution >= 4 is 5.97 Å². The summed E-state index contributed by atoms with van der Waals surface area (Å²) < 4.78 is 94.5. The lowest BCUT2D eigenvalue weighted by atomic mass is 9.78. The topological polar surface area (TPSA) is 82.4 Å². The third kappa shape index (κ3) is 6.48. The SMILES string of the molecule is COC(=O)Cn1nnnc1[C@@H]1C[C@@]2(c3ccccc3)[C@H](OCc3cc(C(F)(F)F)cc(C(F)(F)F)c3)CC[C@@H]1N2Cc1ccccc1. The molecule has 0 saturated carbocycles. The Morgan fingerprint density at radius 3 is 2.15 bits per heavy atom. The second-order valence-electron chi connectivity index (χ2n) is 11.8. The highest BCUT2D eigenvalue weighted by Gasteiger charge is 2.61. The first kappa shape index (κ1) is 32.6. The first-order valence-corrected chi connectivity index (χ1v) is 15.0. The number of piperidine rings is 1. The number of hydrogen-bond donors (Lipinski definition) is 0. The number of benzene rings is 3. The first-order valence-electron chi connectivity index (χ1n) is 15.0. The Labute approximate surface area is 266 Å². The van der Waals surface area contributed by atoms with Crippen LogP contribution in [0, 0.1) is 0 Å². The normalized spacial score (nSPS) is 23.2. The molecule has 14 heteroatoms. The molecule has 0 N–H and O–H groups in total. The fourth-order valence-corrected chi connectivity index (χ4v) is 7.13. The van der Waals surface area contributed by atoms with Crippen molar-refractivity contribution in [2.45, 2.75) is 74.9 Å². The average molecular weight is 660 g/mol. The molecule has 4 aromatic rings. The van der Waals surface area contributed by atoms with Crippen molar-refractivity contribution < 1.29 is 40.6 Å². The molecule has 2 fully saturated rings. The van der Waals surface area contributed by atoms with Crippen LogP contribution in [-0.2, 0) is 51.9 Å². The van der Waals surface area contributed by atoms with Crippen molar-refractivity contribution in [1.82, 2.24) is 25.1 Å². The summed E-state index contributed by atoms with van der Waals surface area (Å²) in [5.74, 6) is -0.346. The molecule has 248 valence electrons. The molecule has 2 saturated heterocycles. The molecule has 0 spiro atoms. The van der Waals surface area contributed by atoms with Crippen LogP contribution in [0.4, 0.5) is 26.3 Å². The van der Waals surface area contributed by atoms with Gasteiger partial charge >= 0.3 is 18.3 Å². The number of methoxy groups -OCH3 is 1. The van der Waals surface area contributed by atoms with E-state index < -0.39 is 47.7 Å². The van der Waals surface area contributed by atoms with Crippen LogP contribution in [0.1, 0.15) is 58.8 Å². The van der Waals surface area contributed by atoms with Crippen LogP contribution in [0.25, 0.3) is 0 Å². The summed E-state index contributed by atoms with van der Waals surface area (Å²) >= 11 is 0. The Balaban J connectivity index is 1.42. The van der Waals surface area contributed by atoms with Crippen LogP contribution in [0.15, 0.2) is 78.9 Å². The zero-order valence-corrected chi connectivity index (χ0v) is 25.2. The lowest BCUT2D eigenvalue weighted by Crippen LogP contribution is -2.56. The number of alkyl halides is 6. The molecular formula is C33H31F6N5O3. The molecule has 2 bridgehead atoms. The van der Waals surface area contributed by atoms with Crippen LogP contribution >= 0.6 is 0 Å². The number of carbonyl (C=O) groups excluding carboxylic acids is 1. The highest BCUT2D eigenvalue weighted by molar-refractivity contribution is 5.68. The van der Waals surface area contributed by atoms with E-state index in [0.717, 1.165) is 11.1 Å². The fraction of sp³-hybridized carbons (Fsp3) is 0.394. The van der Waals surface area contributed by atoms with Gasteiger partial charge in [-0.3, -0.25) is 9.69 Å². The molecule has 2 aliphatic rings. The fourth-order valence-electron chi connectivity index (χ4n) is 7.13. The van der Waals surface area contributed by atoms with Crippen LogP contribution < -0.4 is 0 Å². The van der Waals surface area contributed by atoms with Gasteiger partial charge in [-0.25, -0.2) is 4.68 Å². The van der Waals surface area contributed by atoms with Crippen molar-refractivity contribution in [2.75, 3.05) is 7.11 Å². The minimum absolute atomic E-state index is 0.113. The number of fused-ring (bicyclic) bond motifs is 2. The molecule has 3 heterocycles. The molecule has 1 aromatic heterocycles. The second kappa shape index (κ2) is 12.7. The maximum Gasteiger partial charge on any atom is 0.416 e. The van der Waals surface area contributed by atoms with Crippen molar-refractivity contribution in [2.24, 2.45) is 0 Å². The van der Waals surface area contributed by atoms with Gasteiger partial charge in [0.15, 0.2) is 5.82 Å². The van der Waals surface area contributed by atoms with Crippen LogP contribution in [0.5, 0.6) is 0 Å². The number of hydrogen-bond acceptors (Lipinski definition) is 7. The first-order chi connectivity index (χ1) is 22.4. The van der Waals surface area contributed by atoms with Crippen LogP contribution in [0.2, 0.25) is 0 Å². The standard InChI is InChI=1S/C33H31F6N5O3/c1-46-29(45)19-44-30(40-41-42-44)26-17-31(23-10-6-3-7-11-23)28(13-12-27(26)43(31)18-21-8-4-2-5-9-21)47-20-22-14-24(32(34,35)36)16-25(15-22)33(37,38)39/h2-11,14-16,26-28H,12-13,17-20H2,1H3/t26-,27+,28-,31-/m1/s1. The number of halogens is 6. The third-order valence-corrected chi connectivity index (χ3v) is 9.13. The molecule has 8 nitrogen and oxygen atoms in total. The van der Waals surface area contributed by atoms with Gasteiger partial charge in [-0.2, -0.15) is 26.3 Å². The molecule has 2 aliphatic heterocycles. The molecule has 0 amide bonds. The van der Waals surface area contributed by atoms with E-state index >= 15 is 0 Å². The minimum Gasteiger partial charge on any atom is -0.468 e. The second-order valence-corrected chi connectivity index (χ2v) is 11.8. The van der Waals surface area contributed by atoms with Gasteiger partial charge in [0.1, 0.15) is 6.54 Å². The Kier molecular flexibility index (Phi) is 8.83. The molecule has 0 aliphatic carbocycles. The summed E-state index contributed by atoms with van der Waals surface area (Å²) in [6.07, 6.45) is -9.14. The predicted molar refractivity (Wildman–Crippen MR) is 155 cm³/mol. The number of esters is 1. The largest absolute Gasteiger partial charge is 0.468 e. The predicted octanol–water partition coefficient (Wildman–Crippen LogP) is 6.52. The minimum atomic E-state index is -4.97. The molecule has 0 radical (unpaired) electrons. The summed E-state index contributed by atoms with van der Waals surface area (Å²) in [6, 6.07) is 20.6. The van der Waals surface area contributed by atoms with E-state index in [2.05, 4.69) is 20.4 Å². The summed E-state index contributed by atoms with van der Waals surface area (Å²) in [5, 5.41) is 12.2. The molecule has 3 aromatic carbocycles. The van der Waals surface area contributed by atoms with Gasteiger partial charge in [0.05, 0.1) is 36.5 Å². The zero-order valence-electron chi connectivity index (χ0n) is 25.2. The van der Waals surface area contributed by atoms with Crippen molar-refractivity contribution in [3.8, 4) is 0 Å². The summed E-state index contributed by atoms with van der Waals surface area (Å²) in [5.41, 5.74) is -2.01. The van der Waals surface area contributed by atoms with Gasteiger partial charge in [-0.15, -0.1) is 5.10 Å².